The number of ether oxygens (including phenoxy) is 3. The molecule has 35 heavy (non-hydrogen) atoms. The van der Waals surface area contributed by atoms with Crippen LogP contribution in [0.1, 0.15) is 15.9 Å². The molecule has 0 saturated heterocycles. The summed E-state index contributed by atoms with van der Waals surface area (Å²) in [6.45, 7) is 0.476. The summed E-state index contributed by atoms with van der Waals surface area (Å²) in [4.78, 5) is 23.0. The number of carbonyl (C=O) groups is 1. The van der Waals surface area contributed by atoms with Crippen LogP contribution in [0, 0.1) is 0 Å². The van der Waals surface area contributed by atoms with Gasteiger partial charge in [-0.2, -0.15) is 0 Å². The number of methoxy groups -OCH3 is 1. The van der Waals surface area contributed by atoms with Gasteiger partial charge >= 0.3 is 0 Å². The molecule has 9 heteroatoms. The number of nitrogens with two attached hydrogens (primary N) is 1. The van der Waals surface area contributed by atoms with Crippen molar-refractivity contribution in [1.29, 1.82) is 0 Å². The molecule has 1 aliphatic rings. The number of para-hydroxylation sites is 2. The van der Waals surface area contributed by atoms with Gasteiger partial charge in [0.1, 0.15) is 22.6 Å². The molecular weight excluding hydrogens is 446 g/mol. The van der Waals surface area contributed by atoms with Gasteiger partial charge in [0.05, 0.1) is 18.1 Å². The molecule has 9 nitrogen and oxygen atoms in total. The minimum atomic E-state index is -0.345. The van der Waals surface area contributed by atoms with Crippen LogP contribution in [0.5, 0.6) is 17.2 Å². The summed E-state index contributed by atoms with van der Waals surface area (Å²) >= 11 is 0. The third-order valence-electron chi connectivity index (χ3n) is 5.95. The van der Waals surface area contributed by atoms with E-state index in [9.17, 15) is 4.79 Å². The van der Waals surface area contributed by atoms with E-state index in [1.165, 1.54) is 0 Å². The second-order valence-corrected chi connectivity index (χ2v) is 8.05. The molecular formula is C26H21N5O4. The predicted octanol–water partition coefficient (Wildman–Crippen LogP) is 3.82. The molecule has 174 valence electrons. The molecule has 0 unspecified atom stereocenters. The maximum atomic E-state index is 13.4. The van der Waals surface area contributed by atoms with Crippen molar-refractivity contribution < 1.29 is 19.0 Å². The minimum absolute atomic E-state index is 0.194. The van der Waals surface area contributed by atoms with Gasteiger partial charge in [0, 0.05) is 12.2 Å². The van der Waals surface area contributed by atoms with Gasteiger partial charge in [-0.15, -0.1) is 0 Å². The number of amides is 1. The Morgan fingerprint density at radius 1 is 1.03 bits per heavy atom. The topological polar surface area (TPSA) is 114 Å². The van der Waals surface area contributed by atoms with E-state index in [0.29, 0.717) is 39.4 Å². The highest BCUT2D eigenvalue weighted by atomic mass is 16.7. The standard InChI is InChI=1S/C26H21N5O4/c1-33-17-9-7-16(8-10-17)31-24(27)22(23-25(31)30-19-5-3-2-4-18(19)29-23)26(32)28-13-15-6-11-20-21(12-15)35-14-34-20/h2-12H,13-14,27H2,1H3,(H,28,32). The highest BCUT2D eigenvalue weighted by molar-refractivity contribution is 6.11. The lowest BCUT2D eigenvalue weighted by molar-refractivity contribution is 0.0953. The van der Waals surface area contributed by atoms with Crippen molar-refractivity contribution in [3.05, 3.63) is 77.9 Å². The lowest BCUT2D eigenvalue weighted by atomic mass is 10.2. The van der Waals surface area contributed by atoms with E-state index in [2.05, 4.69) is 5.32 Å². The number of anilines is 1. The quantitative estimate of drug-likeness (QED) is 0.404. The molecule has 0 aliphatic carbocycles. The van der Waals surface area contributed by atoms with E-state index < -0.39 is 0 Å². The van der Waals surface area contributed by atoms with Gasteiger partial charge in [-0.25, -0.2) is 9.97 Å². The first-order valence-electron chi connectivity index (χ1n) is 11.0. The number of benzene rings is 3. The number of nitrogens with one attached hydrogen (secondary N) is 1. The molecule has 5 aromatic rings. The summed E-state index contributed by atoms with van der Waals surface area (Å²) in [6.07, 6.45) is 0. The summed E-state index contributed by atoms with van der Waals surface area (Å²) < 4.78 is 17.8. The maximum absolute atomic E-state index is 13.4. The monoisotopic (exact) mass is 467 g/mol. The van der Waals surface area contributed by atoms with E-state index in [-0.39, 0.29) is 30.6 Å². The first kappa shape index (κ1) is 20.8. The highest BCUT2D eigenvalue weighted by Gasteiger charge is 2.25. The zero-order valence-electron chi connectivity index (χ0n) is 18.8. The number of fused-ring (bicyclic) bond motifs is 3. The Labute approximate surface area is 200 Å². The second kappa shape index (κ2) is 8.21. The van der Waals surface area contributed by atoms with Crippen molar-refractivity contribution in [2.45, 2.75) is 6.54 Å². The number of nitrogens with zero attached hydrogens (tertiary/aromatic N) is 3. The van der Waals surface area contributed by atoms with Gasteiger partial charge < -0.3 is 25.3 Å². The summed E-state index contributed by atoms with van der Waals surface area (Å²) in [5, 5.41) is 2.95. The molecule has 0 bridgehead atoms. The van der Waals surface area contributed by atoms with Crippen LogP contribution >= 0.6 is 0 Å². The molecule has 0 saturated carbocycles. The van der Waals surface area contributed by atoms with Crippen molar-refractivity contribution in [3.63, 3.8) is 0 Å². The number of aromatic nitrogens is 3. The second-order valence-electron chi connectivity index (χ2n) is 8.05. The van der Waals surface area contributed by atoms with Crippen LogP contribution in [0.4, 0.5) is 5.82 Å². The Morgan fingerprint density at radius 2 is 1.77 bits per heavy atom. The predicted molar refractivity (Wildman–Crippen MR) is 131 cm³/mol. The third kappa shape index (κ3) is 3.54. The average Bonchev–Trinajstić information content (AvgIpc) is 3.47. The molecule has 0 atom stereocenters. The molecule has 1 aliphatic heterocycles. The fourth-order valence-electron chi connectivity index (χ4n) is 4.20. The Bertz CT molecular complexity index is 1590. The van der Waals surface area contributed by atoms with Crippen LogP contribution in [0.25, 0.3) is 27.9 Å². The molecule has 3 heterocycles. The van der Waals surface area contributed by atoms with Crippen molar-refractivity contribution >= 4 is 33.9 Å². The zero-order chi connectivity index (χ0) is 23.9. The Kier molecular flexibility index (Phi) is 4.88. The number of nitrogen functional groups attached to an aromatic ring is 1. The lowest BCUT2D eigenvalue weighted by Crippen LogP contribution is -2.24. The van der Waals surface area contributed by atoms with E-state index in [0.717, 1.165) is 11.3 Å². The average molecular weight is 467 g/mol. The van der Waals surface area contributed by atoms with Crippen molar-refractivity contribution in [2.24, 2.45) is 0 Å². The number of hydrogen-bond acceptors (Lipinski definition) is 7. The summed E-state index contributed by atoms with van der Waals surface area (Å²) in [7, 11) is 1.61. The van der Waals surface area contributed by atoms with Gasteiger partial charge in [-0.05, 0) is 54.1 Å². The number of hydrogen-bond donors (Lipinski definition) is 2. The van der Waals surface area contributed by atoms with Gasteiger partial charge in [0.25, 0.3) is 5.91 Å². The van der Waals surface area contributed by atoms with Crippen LogP contribution in [-0.4, -0.2) is 34.3 Å². The largest absolute Gasteiger partial charge is 0.497 e. The fraction of sp³-hybridized carbons (Fsp3) is 0.115. The van der Waals surface area contributed by atoms with Gasteiger partial charge in [-0.1, -0.05) is 18.2 Å². The van der Waals surface area contributed by atoms with Crippen molar-refractivity contribution in [2.75, 3.05) is 19.6 Å². The molecule has 0 fully saturated rings. The zero-order valence-corrected chi connectivity index (χ0v) is 18.8. The summed E-state index contributed by atoms with van der Waals surface area (Å²) in [5.74, 6) is 1.96. The molecule has 0 radical (unpaired) electrons. The maximum Gasteiger partial charge on any atom is 0.257 e. The van der Waals surface area contributed by atoms with Crippen LogP contribution in [-0.2, 0) is 6.54 Å². The van der Waals surface area contributed by atoms with E-state index >= 15 is 0 Å². The van der Waals surface area contributed by atoms with E-state index in [1.807, 2.05) is 66.7 Å². The molecule has 1 amide bonds. The lowest BCUT2D eigenvalue weighted by Gasteiger charge is -2.09. The third-order valence-corrected chi connectivity index (χ3v) is 5.95. The van der Waals surface area contributed by atoms with Crippen LogP contribution in [0.2, 0.25) is 0 Å². The Balaban J connectivity index is 1.43. The first-order valence-corrected chi connectivity index (χ1v) is 11.0. The van der Waals surface area contributed by atoms with Crippen molar-refractivity contribution in [1.82, 2.24) is 19.9 Å². The molecule has 0 spiro atoms. The smallest absolute Gasteiger partial charge is 0.257 e. The number of rotatable bonds is 5. The normalized spacial score (nSPS) is 12.3. The van der Waals surface area contributed by atoms with Crippen LogP contribution in [0.3, 0.4) is 0 Å². The van der Waals surface area contributed by atoms with Gasteiger partial charge in [0.15, 0.2) is 17.1 Å². The van der Waals surface area contributed by atoms with Crippen molar-refractivity contribution in [3.8, 4) is 22.9 Å². The van der Waals surface area contributed by atoms with E-state index in [1.54, 1.807) is 11.7 Å². The minimum Gasteiger partial charge on any atom is -0.497 e. The van der Waals surface area contributed by atoms with E-state index in [4.69, 9.17) is 29.9 Å². The Hall–Kier alpha value is -4.79. The fourth-order valence-corrected chi connectivity index (χ4v) is 4.20. The Morgan fingerprint density at radius 3 is 2.54 bits per heavy atom. The first-order chi connectivity index (χ1) is 17.1. The highest BCUT2D eigenvalue weighted by Crippen LogP contribution is 2.33. The van der Waals surface area contributed by atoms with Crippen LogP contribution < -0.4 is 25.3 Å². The molecule has 3 N–H and O–H groups in total. The molecule has 6 rings (SSSR count). The summed E-state index contributed by atoms with van der Waals surface area (Å²) in [6, 6.07) is 20.4. The molecule has 2 aromatic heterocycles. The van der Waals surface area contributed by atoms with Gasteiger partial charge in [-0.3, -0.25) is 9.36 Å². The summed E-state index contributed by atoms with van der Waals surface area (Å²) in [5.41, 5.74) is 10.8. The van der Waals surface area contributed by atoms with Crippen LogP contribution in [0.15, 0.2) is 66.7 Å². The van der Waals surface area contributed by atoms with Gasteiger partial charge in [0.2, 0.25) is 6.79 Å². The molecule has 3 aromatic carbocycles. The number of carbonyl (C=O) groups excluding carboxylic acids is 1. The SMILES string of the molecule is COc1ccc(-n2c(N)c(C(=O)NCc3ccc4c(c3)OCO4)c3nc4ccccc4nc32)cc1.